The summed E-state index contributed by atoms with van der Waals surface area (Å²) in [6.45, 7) is 0.887. The maximum Gasteiger partial charge on any atom is 0.269 e. The van der Waals surface area contributed by atoms with Crippen LogP contribution in [0, 0.1) is 10.1 Å². The van der Waals surface area contributed by atoms with Crippen LogP contribution >= 0.6 is 0 Å². The highest BCUT2D eigenvalue weighted by Crippen LogP contribution is 2.22. The number of nitro groups is 1. The Bertz CT molecular complexity index is 1210. The highest BCUT2D eigenvalue weighted by atomic mass is 16.6. The Morgan fingerprint density at radius 3 is 2.74 bits per heavy atom. The summed E-state index contributed by atoms with van der Waals surface area (Å²) in [6.07, 6.45) is 5.39. The highest BCUT2D eigenvalue weighted by molar-refractivity contribution is 5.93. The molecular weight excluding hydrogens is 398 g/mol. The van der Waals surface area contributed by atoms with E-state index in [4.69, 9.17) is 4.74 Å². The van der Waals surface area contributed by atoms with Gasteiger partial charge in [0, 0.05) is 36.5 Å². The molecule has 0 fully saturated rings. The van der Waals surface area contributed by atoms with Gasteiger partial charge in [0.1, 0.15) is 11.3 Å². The van der Waals surface area contributed by atoms with Crippen molar-refractivity contribution >= 4 is 22.5 Å². The van der Waals surface area contributed by atoms with Gasteiger partial charge in [-0.3, -0.25) is 19.9 Å². The van der Waals surface area contributed by atoms with Crippen molar-refractivity contribution in [2.45, 2.75) is 6.42 Å². The van der Waals surface area contributed by atoms with Crippen molar-refractivity contribution in [3.63, 3.8) is 0 Å². The van der Waals surface area contributed by atoms with Crippen molar-refractivity contribution in [3.05, 3.63) is 88.9 Å². The summed E-state index contributed by atoms with van der Waals surface area (Å²) in [6, 6.07) is 15.6. The molecule has 2 aromatic carbocycles. The maximum absolute atomic E-state index is 12.3. The van der Waals surface area contributed by atoms with Crippen molar-refractivity contribution in [1.29, 1.82) is 0 Å². The number of ether oxygens (including phenoxy) is 1. The van der Waals surface area contributed by atoms with Crippen LogP contribution in [-0.4, -0.2) is 38.7 Å². The molecule has 0 atom stereocenters. The normalized spacial score (nSPS) is 10.7. The van der Waals surface area contributed by atoms with Crippen molar-refractivity contribution in [2.75, 3.05) is 13.2 Å². The fraction of sp³-hybridized carbons (Fsp3) is 0.136. The summed E-state index contributed by atoms with van der Waals surface area (Å²) < 4.78 is 7.31. The second kappa shape index (κ2) is 9.04. The van der Waals surface area contributed by atoms with Gasteiger partial charge in [-0.05, 0) is 30.7 Å². The van der Waals surface area contributed by atoms with E-state index in [-0.39, 0.29) is 11.6 Å². The van der Waals surface area contributed by atoms with Crippen LogP contribution in [0.2, 0.25) is 0 Å². The van der Waals surface area contributed by atoms with Crippen molar-refractivity contribution in [1.82, 2.24) is 20.1 Å². The average Bonchev–Trinajstić information content (AvgIpc) is 3.29. The van der Waals surface area contributed by atoms with Gasteiger partial charge in [-0.15, -0.1) is 0 Å². The number of hydrogen-bond acceptors (Lipinski definition) is 6. The minimum atomic E-state index is -0.466. The van der Waals surface area contributed by atoms with E-state index in [1.807, 2.05) is 30.3 Å². The molecule has 0 aliphatic rings. The van der Waals surface area contributed by atoms with Gasteiger partial charge < -0.3 is 10.1 Å². The number of non-ortho nitro benzene ring substituents is 1. The number of carbonyl (C=O) groups is 1. The number of hydrogen-bond donors (Lipinski definition) is 1. The third-order valence-electron chi connectivity index (χ3n) is 4.63. The minimum Gasteiger partial charge on any atom is -0.491 e. The summed E-state index contributed by atoms with van der Waals surface area (Å²) in [5, 5.41) is 18.7. The van der Waals surface area contributed by atoms with Crippen LogP contribution in [0.4, 0.5) is 5.69 Å². The van der Waals surface area contributed by atoms with Gasteiger partial charge in [-0.1, -0.05) is 18.2 Å². The molecule has 31 heavy (non-hydrogen) atoms. The zero-order valence-electron chi connectivity index (χ0n) is 16.5. The van der Waals surface area contributed by atoms with Crippen molar-refractivity contribution < 1.29 is 14.5 Å². The van der Waals surface area contributed by atoms with E-state index >= 15 is 0 Å². The molecule has 0 unspecified atom stereocenters. The molecule has 9 heteroatoms. The third-order valence-corrected chi connectivity index (χ3v) is 4.63. The van der Waals surface area contributed by atoms with E-state index < -0.39 is 4.92 Å². The van der Waals surface area contributed by atoms with Gasteiger partial charge in [-0.2, -0.15) is 5.10 Å². The van der Waals surface area contributed by atoms with Gasteiger partial charge in [-0.25, -0.2) is 4.68 Å². The third kappa shape index (κ3) is 4.67. The van der Waals surface area contributed by atoms with E-state index in [2.05, 4.69) is 15.4 Å². The van der Waals surface area contributed by atoms with E-state index in [1.165, 1.54) is 23.0 Å². The molecule has 0 aliphatic carbocycles. The first-order valence-electron chi connectivity index (χ1n) is 9.66. The predicted octanol–water partition coefficient (Wildman–Crippen LogP) is 3.53. The minimum absolute atomic E-state index is 0.00428. The van der Waals surface area contributed by atoms with Gasteiger partial charge in [0.25, 0.3) is 11.6 Å². The molecule has 4 rings (SSSR count). The van der Waals surface area contributed by atoms with Crippen LogP contribution in [0.5, 0.6) is 5.75 Å². The molecule has 0 saturated carbocycles. The standard InChI is InChI=1S/C22H19N5O4/c28-22(17-14-25-26(15-17)18-7-9-19(10-8-18)27(29)30)24-12-3-13-31-20-6-1-4-16-5-2-11-23-21(16)20/h1-2,4-11,14-15H,3,12-13H2,(H,24,28). The van der Waals surface area contributed by atoms with Gasteiger partial charge in [0.15, 0.2) is 0 Å². The monoisotopic (exact) mass is 417 g/mol. The van der Waals surface area contributed by atoms with Crippen LogP contribution in [0.25, 0.3) is 16.6 Å². The lowest BCUT2D eigenvalue weighted by Gasteiger charge is -2.09. The number of nitrogens with zero attached hydrogens (tertiary/aromatic N) is 4. The van der Waals surface area contributed by atoms with E-state index in [9.17, 15) is 14.9 Å². The van der Waals surface area contributed by atoms with Crippen LogP contribution in [0.15, 0.2) is 73.2 Å². The van der Waals surface area contributed by atoms with Gasteiger partial charge >= 0.3 is 0 Å². The molecule has 2 aromatic heterocycles. The molecule has 0 saturated heterocycles. The summed E-state index contributed by atoms with van der Waals surface area (Å²) in [5.74, 6) is 0.466. The fourth-order valence-corrected chi connectivity index (χ4v) is 3.06. The van der Waals surface area contributed by atoms with Gasteiger partial charge in [0.2, 0.25) is 0 Å². The smallest absolute Gasteiger partial charge is 0.269 e. The summed E-state index contributed by atoms with van der Waals surface area (Å²) in [4.78, 5) is 27.0. The van der Waals surface area contributed by atoms with E-state index in [1.54, 1.807) is 24.5 Å². The number of aromatic nitrogens is 3. The molecule has 1 amide bonds. The number of para-hydroxylation sites is 1. The fourth-order valence-electron chi connectivity index (χ4n) is 3.06. The van der Waals surface area contributed by atoms with Gasteiger partial charge in [0.05, 0.1) is 29.0 Å². The van der Waals surface area contributed by atoms with Crippen LogP contribution in [0.3, 0.4) is 0 Å². The lowest BCUT2D eigenvalue weighted by atomic mass is 10.2. The Labute approximate surface area is 177 Å². The Morgan fingerprint density at radius 2 is 1.94 bits per heavy atom. The molecule has 156 valence electrons. The maximum atomic E-state index is 12.3. The number of rotatable bonds is 8. The molecule has 1 N–H and O–H groups in total. The number of nitro benzene ring substituents is 1. The number of amides is 1. The topological polar surface area (TPSA) is 112 Å². The second-order valence-electron chi connectivity index (χ2n) is 6.74. The summed E-state index contributed by atoms with van der Waals surface area (Å²) >= 11 is 0. The highest BCUT2D eigenvalue weighted by Gasteiger charge is 2.10. The largest absolute Gasteiger partial charge is 0.491 e. The molecule has 0 bridgehead atoms. The Morgan fingerprint density at radius 1 is 1.13 bits per heavy atom. The second-order valence-corrected chi connectivity index (χ2v) is 6.74. The van der Waals surface area contributed by atoms with Crippen LogP contribution < -0.4 is 10.1 Å². The molecule has 0 radical (unpaired) electrons. The SMILES string of the molecule is O=C(NCCCOc1cccc2cccnc12)c1cnn(-c2ccc([N+](=O)[O-])cc2)c1. The Balaban J connectivity index is 1.27. The lowest BCUT2D eigenvalue weighted by Crippen LogP contribution is -2.25. The first-order chi connectivity index (χ1) is 15.1. The Kier molecular flexibility index (Phi) is 5.84. The van der Waals surface area contributed by atoms with E-state index in [0.717, 1.165) is 10.9 Å². The molecule has 2 heterocycles. The summed E-state index contributed by atoms with van der Waals surface area (Å²) in [7, 11) is 0. The number of nitrogens with one attached hydrogen (secondary N) is 1. The number of fused-ring (bicyclic) bond motifs is 1. The van der Waals surface area contributed by atoms with Crippen molar-refractivity contribution in [3.8, 4) is 11.4 Å². The first-order valence-corrected chi connectivity index (χ1v) is 9.66. The molecular formula is C22H19N5O4. The van der Waals surface area contributed by atoms with Crippen molar-refractivity contribution in [2.24, 2.45) is 0 Å². The van der Waals surface area contributed by atoms with Crippen LogP contribution in [0.1, 0.15) is 16.8 Å². The molecule has 9 nitrogen and oxygen atoms in total. The molecule has 4 aromatic rings. The zero-order valence-corrected chi connectivity index (χ0v) is 16.5. The number of pyridine rings is 1. The lowest BCUT2D eigenvalue weighted by molar-refractivity contribution is -0.384. The van der Waals surface area contributed by atoms with Crippen LogP contribution in [-0.2, 0) is 0 Å². The summed E-state index contributed by atoms with van der Waals surface area (Å²) in [5.41, 5.74) is 1.84. The average molecular weight is 417 g/mol. The molecule has 0 spiro atoms. The number of carbonyl (C=O) groups excluding carboxylic acids is 1. The quantitative estimate of drug-likeness (QED) is 0.267. The first kappa shape index (κ1) is 20.0. The number of benzene rings is 2. The predicted molar refractivity (Wildman–Crippen MR) is 114 cm³/mol. The molecule has 0 aliphatic heterocycles. The zero-order chi connectivity index (χ0) is 21.6. The van der Waals surface area contributed by atoms with E-state index in [0.29, 0.717) is 36.6 Å². The Hall–Kier alpha value is -4.27.